The standard InChI is InChI=1S/C18H27N7O/c1-12-15(13(2)23(3)22-12)11-24-6-8-25(9-7-24)18(26)17-14-10-19-5-4-16(14)20-21-17/h19H,4-11H2,1-3H3,(H,20,21). The van der Waals surface area contributed by atoms with Crippen LogP contribution in [0.15, 0.2) is 0 Å². The Bertz CT molecular complexity index is 814. The Balaban J connectivity index is 1.39. The summed E-state index contributed by atoms with van der Waals surface area (Å²) < 4.78 is 1.94. The third-order valence-corrected chi connectivity index (χ3v) is 5.71. The maximum Gasteiger partial charge on any atom is 0.274 e. The third-order valence-electron chi connectivity index (χ3n) is 5.71. The van der Waals surface area contributed by atoms with Crippen LogP contribution < -0.4 is 5.32 Å². The molecule has 1 fully saturated rings. The minimum atomic E-state index is 0.0552. The summed E-state index contributed by atoms with van der Waals surface area (Å²) in [6.45, 7) is 9.99. The number of aromatic nitrogens is 4. The zero-order valence-corrected chi connectivity index (χ0v) is 15.8. The molecule has 0 bridgehead atoms. The number of nitrogens with zero attached hydrogens (tertiary/aromatic N) is 5. The number of rotatable bonds is 3. The van der Waals surface area contributed by atoms with E-state index in [0.717, 1.165) is 69.2 Å². The highest BCUT2D eigenvalue weighted by Gasteiger charge is 2.28. The molecule has 26 heavy (non-hydrogen) atoms. The maximum absolute atomic E-state index is 12.9. The van der Waals surface area contributed by atoms with Crippen LogP contribution in [0.5, 0.6) is 0 Å². The smallest absolute Gasteiger partial charge is 0.274 e. The highest BCUT2D eigenvalue weighted by atomic mass is 16.2. The lowest BCUT2D eigenvalue weighted by molar-refractivity contribution is 0.0621. The second-order valence-electron chi connectivity index (χ2n) is 7.30. The first-order chi connectivity index (χ1) is 12.5. The fourth-order valence-corrected chi connectivity index (χ4v) is 3.93. The van der Waals surface area contributed by atoms with Crippen molar-refractivity contribution in [3.8, 4) is 0 Å². The second kappa shape index (κ2) is 6.85. The number of aryl methyl sites for hydroxylation is 2. The van der Waals surface area contributed by atoms with Gasteiger partial charge < -0.3 is 10.2 Å². The van der Waals surface area contributed by atoms with Crippen molar-refractivity contribution in [3.63, 3.8) is 0 Å². The maximum atomic E-state index is 12.9. The summed E-state index contributed by atoms with van der Waals surface area (Å²) in [5.41, 5.74) is 6.37. The van der Waals surface area contributed by atoms with Gasteiger partial charge in [0.25, 0.3) is 5.91 Å². The van der Waals surface area contributed by atoms with Gasteiger partial charge in [-0.1, -0.05) is 0 Å². The fourth-order valence-electron chi connectivity index (χ4n) is 3.93. The van der Waals surface area contributed by atoms with E-state index in [-0.39, 0.29) is 5.91 Å². The lowest BCUT2D eigenvalue weighted by atomic mass is 10.1. The minimum Gasteiger partial charge on any atom is -0.335 e. The van der Waals surface area contributed by atoms with E-state index in [0.29, 0.717) is 5.69 Å². The van der Waals surface area contributed by atoms with Gasteiger partial charge in [0.15, 0.2) is 5.69 Å². The summed E-state index contributed by atoms with van der Waals surface area (Å²) in [5.74, 6) is 0.0552. The van der Waals surface area contributed by atoms with Crippen LogP contribution >= 0.6 is 0 Å². The van der Waals surface area contributed by atoms with Gasteiger partial charge in [0, 0.05) is 81.8 Å². The van der Waals surface area contributed by atoms with Crippen LogP contribution in [0, 0.1) is 13.8 Å². The Morgan fingerprint density at radius 2 is 1.96 bits per heavy atom. The van der Waals surface area contributed by atoms with Gasteiger partial charge in [0.05, 0.1) is 5.69 Å². The molecule has 0 unspecified atom stereocenters. The van der Waals surface area contributed by atoms with Gasteiger partial charge >= 0.3 is 0 Å². The number of H-pyrrole nitrogens is 1. The Hall–Kier alpha value is -2.19. The van der Waals surface area contributed by atoms with Crippen LogP contribution in [0.4, 0.5) is 0 Å². The molecule has 1 saturated heterocycles. The van der Waals surface area contributed by atoms with Crippen molar-refractivity contribution in [2.45, 2.75) is 33.4 Å². The Morgan fingerprint density at radius 1 is 1.19 bits per heavy atom. The monoisotopic (exact) mass is 357 g/mol. The Kier molecular flexibility index (Phi) is 4.54. The number of piperazine rings is 1. The van der Waals surface area contributed by atoms with Crippen molar-refractivity contribution >= 4 is 5.91 Å². The Morgan fingerprint density at radius 3 is 2.65 bits per heavy atom. The SMILES string of the molecule is Cc1nn(C)c(C)c1CN1CCN(C(=O)c2n[nH]c3c2CNCC3)CC1. The average Bonchev–Trinajstić information content (AvgIpc) is 3.18. The van der Waals surface area contributed by atoms with Crippen molar-refractivity contribution < 1.29 is 4.79 Å². The van der Waals surface area contributed by atoms with E-state index in [2.05, 4.69) is 39.4 Å². The second-order valence-corrected chi connectivity index (χ2v) is 7.30. The van der Waals surface area contributed by atoms with Crippen LogP contribution in [0.3, 0.4) is 0 Å². The first-order valence-electron chi connectivity index (χ1n) is 9.32. The molecule has 8 nitrogen and oxygen atoms in total. The quantitative estimate of drug-likeness (QED) is 0.829. The normalized spacial score (nSPS) is 18.2. The van der Waals surface area contributed by atoms with E-state index >= 15 is 0 Å². The third kappa shape index (κ3) is 3.03. The first-order valence-corrected chi connectivity index (χ1v) is 9.32. The van der Waals surface area contributed by atoms with Crippen LogP contribution in [0.1, 0.15) is 38.7 Å². The van der Waals surface area contributed by atoms with Gasteiger partial charge in [0.2, 0.25) is 0 Å². The molecule has 0 aliphatic carbocycles. The largest absolute Gasteiger partial charge is 0.335 e. The van der Waals surface area contributed by atoms with E-state index in [1.165, 1.54) is 11.3 Å². The highest BCUT2D eigenvalue weighted by Crippen LogP contribution is 2.19. The lowest BCUT2D eigenvalue weighted by Crippen LogP contribution is -2.48. The fraction of sp³-hybridized carbons (Fsp3) is 0.611. The van der Waals surface area contributed by atoms with E-state index in [1.54, 1.807) is 0 Å². The van der Waals surface area contributed by atoms with Crippen LogP contribution in [-0.2, 0) is 26.6 Å². The van der Waals surface area contributed by atoms with Crippen molar-refractivity contribution in [1.82, 2.24) is 35.1 Å². The van der Waals surface area contributed by atoms with E-state index < -0.39 is 0 Å². The number of nitrogens with one attached hydrogen (secondary N) is 2. The van der Waals surface area contributed by atoms with Crippen molar-refractivity contribution in [2.24, 2.45) is 7.05 Å². The number of hydrogen-bond donors (Lipinski definition) is 2. The summed E-state index contributed by atoms with van der Waals surface area (Å²) in [4.78, 5) is 17.2. The minimum absolute atomic E-state index is 0.0552. The highest BCUT2D eigenvalue weighted by molar-refractivity contribution is 5.94. The molecule has 4 heterocycles. The van der Waals surface area contributed by atoms with Gasteiger partial charge in [-0.05, 0) is 13.8 Å². The van der Waals surface area contributed by atoms with Crippen LogP contribution in [0.2, 0.25) is 0 Å². The number of carbonyl (C=O) groups excluding carboxylic acids is 1. The molecule has 2 aliphatic rings. The van der Waals surface area contributed by atoms with Crippen molar-refractivity contribution in [2.75, 3.05) is 32.7 Å². The number of amides is 1. The predicted octanol–water partition coefficient (Wildman–Crippen LogP) is 0.364. The number of carbonyl (C=O) groups is 1. The summed E-state index contributed by atoms with van der Waals surface area (Å²) in [7, 11) is 1.99. The first kappa shape index (κ1) is 17.2. The summed E-state index contributed by atoms with van der Waals surface area (Å²) in [6, 6.07) is 0. The summed E-state index contributed by atoms with van der Waals surface area (Å²) in [6.07, 6.45) is 0.910. The molecular formula is C18H27N7O. The van der Waals surface area contributed by atoms with E-state index in [4.69, 9.17) is 0 Å². The van der Waals surface area contributed by atoms with Gasteiger partial charge in [-0.3, -0.25) is 19.5 Å². The predicted molar refractivity (Wildman–Crippen MR) is 97.9 cm³/mol. The zero-order valence-electron chi connectivity index (χ0n) is 15.8. The molecule has 8 heteroatoms. The van der Waals surface area contributed by atoms with E-state index in [1.807, 2.05) is 16.6 Å². The molecule has 2 aromatic rings. The number of hydrogen-bond acceptors (Lipinski definition) is 5. The van der Waals surface area contributed by atoms with Crippen LogP contribution in [0.25, 0.3) is 0 Å². The molecule has 0 aromatic carbocycles. The zero-order chi connectivity index (χ0) is 18.3. The molecule has 0 radical (unpaired) electrons. The number of aromatic amines is 1. The van der Waals surface area contributed by atoms with Gasteiger partial charge in [-0.2, -0.15) is 10.2 Å². The molecule has 140 valence electrons. The molecule has 0 saturated carbocycles. The van der Waals surface area contributed by atoms with E-state index in [9.17, 15) is 4.79 Å². The Labute approximate surface area is 153 Å². The molecular weight excluding hydrogens is 330 g/mol. The van der Waals surface area contributed by atoms with Crippen LogP contribution in [-0.4, -0.2) is 68.4 Å². The molecule has 1 amide bonds. The van der Waals surface area contributed by atoms with Crippen molar-refractivity contribution in [1.29, 1.82) is 0 Å². The molecule has 2 aliphatic heterocycles. The molecule has 2 aromatic heterocycles. The molecule has 0 atom stereocenters. The molecule has 2 N–H and O–H groups in total. The summed E-state index contributed by atoms with van der Waals surface area (Å²) >= 11 is 0. The molecule has 4 rings (SSSR count). The number of fused-ring (bicyclic) bond motifs is 1. The van der Waals surface area contributed by atoms with Gasteiger partial charge in [-0.25, -0.2) is 0 Å². The topological polar surface area (TPSA) is 82.1 Å². The van der Waals surface area contributed by atoms with Crippen molar-refractivity contribution in [3.05, 3.63) is 33.9 Å². The van der Waals surface area contributed by atoms with Gasteiger partial charge in [0.1, 0.15) is 0 Å². The molecule has 0 spiro atoms. The average molecular weight is 357 g/mol. The summed E-state index contributed by atoms with van der Waals surface area (Å²) in [5, 5.41) is 15.2. The van der Waals surface area contributed by atoms with Gasteiger partial charge in [-0.15, -0.1) is 0 Å². The lowest BCUT2D eigenvalue weighted by Gasteiger charge is -2.34.